The van der Waals surface area contributed by atoms with Gasteiger partial charge in [-0.2, -0.15) is 18.4 Å². The fraction of sp³-hybridized carbons (Fsp3) is 0.227. The number of hydrogen-bond acceptors (Lipinski definition) is 5. The van der Waals surface area contributed by atoms with Crippen molar-refractivity contribution in [3.05, 3.63) is 75.1 Å². The maximum absolute atomic E-state index is 13.3. The molecule has 1 aliphatic heterocycles. The lowest BCUT2D eigenvalue weighted by Crippen LogP contribution is -2.37. The minimum absolute atomic E-state index is 0.0186. The largest absolute Gasteiger partial charge is 0.433 e. The first kappa shape index (κ1) is 24.1. The van der Waals surface area contributed by atoms with E-state index in [9.17, 15) is 32.0 Å². The second kappa shape index (κ2) is 9.54. The Kier molecular flexibility index (Phi) is 6.98. The maximum atomic E-state index is 13.3. The van der Waals surface area contributed by atoms with E-state index in [1.165, 1.54) is 17.0 Å². The highest BCUT2D eigenvalue weighted by atomic mass is 32.1. The Morgan fingerprint density at radius 1 is 1.30 bits per heavy atom. The molecule has 3 N–H and O–H groups in total. The smallest absolute Gasteiger partial charge is 0.404 e. The minimum atomic E-state index is -4.94. The summed E-state index contributed by atoms with van der Waals surface area (Å²) in [6, 6.07) is 9.67. The molecule has 0 fully saturated rings. The van der Waals surface area contributed by atoms with Crippen molar-refractivity contribution in [1.82, 2.24) is 4.90 Å². The molecule has 0 bridgehead atoms. The number of nitrogens with one attached hydrogen (secondary N) is 1. The highest BCUT2D eigenvalue weighted by Crippen LogP contribution is 2.41. The molecule has 2 aromatic rings. The number of carbonyl (C=O) groups is 1. The SMILES string of the molecule is N#Cc1cc2c(s1)CN(C(=O)/C=C/C(F)F)C[C@H]2c1ccccc1/C(=C/N)C(=N)C(F)(F)F. The molecular weight excluding hydrogens is 463 g/mol. The van der Waals surface area contributed by atoms with Crippen molar-refractivity contribution < 1.29 is 26.7 Å². The number of hydrogen-bond donors (Lipinski definition) is 2. The quantitative estimate of drug-likeness (QED) is 0.366. The van der Waals surface area contributed by atoms with E-state index in [0.717, 1.165) is 17.4 Å². The van der Waals surface area contributed by atoms with Crippen LogP contribution in [0.15, 0.2) is 48.7 Å². The zero-order chi connectivity index (χ0) is 24.3. The minimum Gasteiger partial charge on any atom is -0.404 e. The number of alkyl halides is 5. The normalized spacial score (nSPS) is 16.7. The van der Waals surface area contributed by atoms with Crippen molar-refractivity contribution >= 4 is 28.5 Å². The van der Waals surface area contributed by atoms with E-state index in [1.54, 1.807) is 18.2 Å². The summed E-state index contributed by atoms with van der Waals surface area (Å²) in [6.45, 7) is 0.0555. The van der Waals surface area contributed by atoms with Crippen LogP contribution < -0.4 is 5.73 Å². The number of rotatable bonds is 5. The average molecular weight is 480 g/mol. The van der Waals surface area contributed by atoms with E-state index in [4.69, 9.17) is 11.1 Å². The van der Waals surface area contributed by atoms with Gasteiger partial charge in [-0.3, -0.25) is 10.2 Å². The molecule has 0 radical (unpaired) electrons. The Morgan fingerprint density at radius 2 is 2.00 bits per heavy atom. The van der Waals surface area contributed by atoms with E-state index < -0.39 is 35.7 Å². The van der Waals surface area contributed by atoms with Crippen LogP contribution in [0.4, 0.5) is 22.0 Å². The molecule has 1 aliphatic rings. The molecule has 0 unspecified atom stereocenters. The molecule has 0 aliphatic carbocycles. The standard InChI is InChI=1S/C22H17F5N4OS/c23-19(24)5-6-20(32)31-10-17(15-7-12(8-28)33-18(15)11-31)14-4-2-1-3-13(14)16(9-29)21(30)22(25,26)27/h1-7,9,17,19,30H,10-11,29H2/b6-5+,16-9-,30-21?/t17-/m0/s1. The lowest BCUT2D eigenvalue weighted by molar-refractivity contribution is -0.127. The number of allylic oxidation sites excluding steroid dienone is 2. The molecule has 3 rings (SSSR count). The van der Waals surface area contributed by atoms with Crippen LogP contribution in [0.25, 0.3) is 5.57 Å². The summed E-state index contributed by atoms with van der Waals surface area (Å²) in [4.78, 5) is 14.8. The lowest BCUT2D eigenvalue weighted by Gasteiger charge is -2.33. The summed E-state index contributed by atoms with van der Waals surface area (Å²) in [5.74, 6) is -1.35. The second-order valence-corrected chi connectivity index (χ2v) is 8.24. The number of benzene rings is 1. The average Bonchev–Trinajstić information content (AvgIpc) is 3.20. The summed E-state index contributed by atoms with van der Waals surface area (Å²) < 4.78 is 64.9. The monoisotopic (exact) mass is 480 g/mol. The number of carbonyl (C=O) groups excluding carboxylic acids is 1. The number of fused-ring (bicyclic) bond motifs is 1. The van der Waals surface area contributed by atoms with E-state index in [-0.39, 0.29) is 18.7 Å². The zero-order valence-corrected chi connectivity index (χ0v) is 17.7. The number of halogens is 5. The van der Waals surface area contributed by atoms with Crippen LogP contribution >= 0.6 is 11.3 Å². The van der Waals surface area contributed by atoms with Crippen LogP contribution in [0.5, 0.6) is 0 Å². The number of amides is 1. The maximum Gasteiger partial charge on any atom is 0.433 e. The molecule has 1 aromatic carbocycles. The van der Waals surface area contributed by atoms with Crippen molar-refractivity contribution in [2.45, 2.75) is 25.1 Å². The van der Waals surface area contributed by atoms with Gasteiger partial charge in [0.2, 0.25) is 5.91 Å². The molecule has 2 heterocycles. The Morgan fingerprint density at radius 3 is 2.61 bits per heavy atom. The van der Waals surface area contributed by atoms with Gasteiger partial charge in [-0.25, -0.2) is 8.78 Å². The van der Waals surface area contributed by atoms with Gasteiger partial charge in [-0.05, 0) is 28.8 Å². The first-order chi connectivity index (χ1) is 15.6. The summed E-state index contributed by atoms with van der Waals surface area (Å²) in [5, 5.41) is 16.9. The molecule has 0 saturated carbocycles. The van der Waals surface area contributed by atoms with Crippen LogP contribution in [0.1, 0.15) is 32.4 Å². The fourth-order valence-corrected chi connectivity index (χ4v) is 4.71. The van der Waals surface area contributed by atoms with Gasteiger partial charge in [0.15, 0.2) is 0 Å². The predicted molar refractivity (Wildman–Crippen MR) is 114 cm³/mol. The fourth-order valence-electron chi connectivity index (χ4n) is 3.67. The van der Waals surface area contributed by atoms with Gasteiger partial charge < -0.3 is 10.6 Å². The summed E-state index contributed by atoms with van der Waals surface area (Å²) in [7, 11) is 0. The Bertz CT molecular complexity index is 1180. The van der Waals surface area contributed by atoms with Crippen molar-refractivity contribution in [2.75, 3.05) is 6.54 Å². The second-order valence-electron chi connectivity index (χ2n) is 7.11. The molecule has 33 heavy (non-hydrogen) atoms. The number of thiophene rings is 1. The first-order valence-corrected chi connectivity index (χ1v) is 10.3. The number of nitrogens with zero attached hydrogens (tertiary/aromatic N) is 2. The molecule has 1 atom stereocenters. The Hall–Kier alpha value is -3.52. The molecule has 0 spiro atoms. The van der Waals surface area contributed by atoms with Crippen molar-refractivity contribution in [3.8, 4) is 6.07 Å². The van der Waals surface area contributed by atoms with Gasteiger partial charge in [0.25, 0.3) is 6.43 Å². The zero-order valence-electron chi connectivity index (χ0n) is 16.9. The lowest BCUT2D eigenvalue weighted by atomic mass is 9.83. The number of nitrogens with two attached hydrogens (primary N) is 1. The Balaban J connectivity index is 2.12. The van der Waals surface area contributed by atoms with Crippen LogP contribution in [0.3, 0.4) is 0 Å². The van der Waals surface area contributed by atoms with Crippen molar-refractivity contribution in [1.29, 1.82) is 10.7 Å². The molecule has 172 valence electrons. The van der Waals surface area contributed by atoms with E-state index in [0.29, 0.717) is 33.2 Å². The summed E-state index contributed by atoms with van der Waals surface area (Å²) in [6.07, 6.45) is -5.84. The summed E-state index contributed by atoms with van der Waals surface area (Å²) >= 11 is 1.12. The molecule has 1 amide bonds. The predicted octanol–water partition coefficient (Wildman–Crippen LogP) is 4.80. The summed E-state index contributed by atoms with van der Waals surface area (Å²) in [5.41, 5.74) is 4.40. The first-order valence-electron chi connectivity index (χ1n) is 9.52. The third kappa shape index (κ3) is 5.12. The topological polar surface area (TPSA) is 94.0 Å². The highest BCUT2D eigenvalue weighted by molar-refractivity contribution is 7.12. The van der Waals surface area contributed by atoms with Gasteiger partial charge in [0.1, 0.15) is 16.7 Å². The highest BCUT2D eigenvalue weighted by Gasteiger charge is 2.39. The van der Waals surface area contributed by atoms with E-state index >= 15 is 0 Å². The van der Waals surface area contributed by atoms with Crippen molar-refractivity contribution in [2.24, 2.45) is 5.73 Å². The third-order valence-electron chi connectivity index (χ3n) is 5.11. The molecule has 1 aromatic heterocycles. The van der Waals surface area contributed by atoms with Crippen LogP contribution in [0, 0.1) is 16.7 Å². The van der Waals surface area contributed by atoms with E-state index in [2.05, 4.69) is 0 Å². The van der Waals surface area contributed by atoms with Crippen LogP contribution in [-0.2, 0) is 11.3 Å². The Labute approximate surface area is 189 Å². The van der Waals surface area contributed by atoms with Crippen LogP contribution in [0.2, 0.25) is 0 Å². The molecule has 11 heteroatoms. The van der Waals surface area contributed by atoms with E-state index in [1.807, 2.05) is 6.07 Å². The van der Waals surface area contributed by atoms with Gasteiger partial charge in [0, 0.05) is 35.2 Å². The third-order valence-corrected chi connectivity index (χ3v) is 6.15. The van der Waals surface area contributed by atoms with Gasteiger partial charge in [-0.1, -0.05) is 24.3 Å². The van der Waals surface area contributed by atoms with Gasteiger partial charge in [0.05, 0.1) is 6.54 Å². The van der Waals surface area contributed by atoms with Crippen molar-refractivity contribution in [3.63, 3.8) is 0 Å². The van der Waals surface area contributed by atoms with Gasteiger partial charge >= 0.3 is 6.18 Å². The number of nitriles is 1. The molecule has 5 nitrogen and oxygen atoms in total. The van der Waals surface area contributed by atoms with Crippen LogP contribution in [-0.4, -0.2) is 35.7 Å². The van der Waals surface area contributed by atoms with Gasteiger partial charge in [-0.15, -0.1) is 11.3 Å². The molecular formula is C22H17F5N4OS. The molecule has 0 saturated heterocycles.